The van der Waals surface area contributed by atoms with Crippen LogP contribution in [-0.4, -0.2) is 39.2 Å². The minimum absolute atomic E-state index is 0.0999. The van der Waals surface area contributed by atoms with Crippen LogP contribution in [0.3, 0.4) is 0 Å². The standard InChI is InChI=1S/C5H12NO2S2/c1-9(7)4-5(3-6)10(2)8/h5-6H,3-4H2,1-2H3. The average Bonchev–Trinajstić information content (AvgIpc) is 1.81. The molecule has 0 fully saturated rings. The molecule has 3 atom stereocenters. The van der Waals surface area contributed by atoms with Gasteiger partial charge in [0.2, 0.25) is 0 Å². The van der Waals surface area contributed by atoms with Gasteiger partial charge >= 0.3 is 0 Å². The van der Waals surface area contributed by atoms with Crippen LogP contribution in [0.1, 0.15) is 0 Å². The van der Waals surface area contributed by atoms with Gasteiger partial charge in [-0.25, -0.2) is 0 Å². The molecule has 0 aromatic heterocycles. The van der Waals surface area contributed by atoms with Crippen LogP contribution in [0.4, 0.5) is 0 Å². The Morgan fingerprint density at radius 3 is 2.00 bits per heavy atom. The Morgan fingerprint density at radius 1 is 1.40 bits per heavy atom. The van der Waals surface area contributed by atoms with Crippen LogP contribution < -0.4 is 5.73 Å². The minimum Gasteiger partial charge on any atom is -0.616 e. The van der Waals surface area contributed by atoms with Crippen molar-refractivity contribution >= 4 is 22.4 Å². The van der Waals surface area contributed by atoms with Gasteiger partial charge in [0.05, 0.1) is 19.1 Å². The van der Waals surface area contributed by atoms with Gasteiger partial charge in [-0.05, 0) is 11.2 Å². The smallest absolute Gasteiger partial charge is 0.173 e. The van der Waals surface area contributed by atoms with E-state index >= 15 is 0 Å². The molecule has 0 amide bonds. The molecule has 0 rings (SSSR count). The largest absolute Gasteiger partial charge is 0.616 e. The lowest BCUT2D eigenvalue weighted by Crippen LogP contribution is -2.32. The van der Waals surface area contributed by atoms with E-state index in [9.17, 15) is 9.11 Å². The van der Waals surface area contributed by atoms with Crippen LogP contribution >= 0.6 is 0 Å². The van der Waals surface area contributed by atoms with Gasteiger partial charge in [0, 0.05) is 0 Å². The highest BCUT2D eigenvalue weighted by Crippen LogP contribution is 2.01. The molecular formula is C5H12NO2S2. The summed E-state index contributed by atoms with van der Waals surface area (Å²) >= 11 is -1.93. The van der Waals surface area contributed by atoms with E-state index in [1.54, 1.807) is 12.5 Å². The van der Waals surface area contributed by atoms with E-state index in [0.717, 1.165) is 0 Å². The molecule has 0 aromatic carbocycles. The summed E-state index contributed by atoms with van der Waals surface area (Å²) in [5, 5.41) is -0.217. The molecule has 0 bridgehead atoms. The summed E-state index contributed by atoms with van der Waals surface area (Å²) in [6.07, 6.45) is 3.11. The molecule has 3 unspecified atom stereocenters. The second-order valence-electron chi connectivity index (χ2n) is 2.06. The van der Waals surface area contributed by atoms with Gasteiger partial charge in [0.1, 0.15) is 0 Å². The lowest BCUT2D eigenvalue weighted by Gasteiger charge is -2.16. The van der Waals surface area contributed by atoms with Gasteiger partial charge < -0.3 is 9.11 Å². The SMILES string of the molecule is C[S+]([O-])CC(C[NH])[S+](C)[O-]. The fourth-order valence-electron chi connectivity index (χ4n) is 0.534. The molecule has 0 spiro atoms. The van der Waals surface area contributed by atoms with Crippen molar-refractivity contribution in [3.05, 3.63) is 0 Å². The van der Waals surface area contributed by atoms with Gasteiger partial charge in [0.25, 0.3) is 0 Å². The van der Waals surface area contributed by atoms with Crippen molar-refractivity contribution in [1.82, 2.24) is 5.73 Å². The van der Waals surface area contributed by atoms with Gasteiger partial charge in [-0.2, -0.15) is 0 Å². The van der Waals surface area contributed by atoms with Crippen LogP contribution in [0, 0.1) is 0 Å². The van der Waals surface area contributed by atoms with Gasteiger partial charge in [-0.3, -0.25) is 5.73 Å². The fraction of sp³-hybridized carbons (Fsp3) is 1.00. The molecule has 1 radical (unpaired) electrons. The van der Waals surface area contributed by atoms with Crippen molar-refractivity contribution in [2.75, 3.05) is 24.8 Å². The Labute approximate surface area is 67.7 Å². The topological polar surface area (TPSA) is 69.9 Å². The van der Waals surface area contributed by atoms with Crippen molar-refractivity contribution in [2.24, 2.45) is 0 Å². The molecule has 0 saturated heterocycles. The molecule has 0 aromatic rings. The molecule has 3 nitrogen and oxygen atoms in total. The monoisotopic (exact) mass is 182 g/mol. The summed E-state index contributed by atoms with van der Waals surface area (Å²) in [5.41, 5.74) is 6.96. The van der Waals surface area contributed by atoms with Crippen molar-refractivity contribution in [2.45, 2.75) is 5.25 Å². The number of hydrogen-bond acceptors (Lipinski definition) is 2. The van der Waals surface area contributed by atoms with Crippen molar-refractivity contribution in [3.8, 4) is 0 Å². The van der Waals surface area contributed by atoms with E-state index in [-0.39, 0.29) is 11.8 Å². The number of rotatable bonds is 4. The Balaban J connectivity index is 3.60. The van der Waals surface area contributed by atoms with Crippen LogP contribution in [0.2, 0.25) is 0 Å². The Hall–Kier alpha value is 0.580. The summed E-state index contributed by atoms with van der Waals surface area (Å²) in [6, 6.07) is 0. The molecule has 0 aliphatic rings. The maximum atomic E-state index is 10.8. The lowest BCUT2D eigenvalue weighted by atomic mass is 10.5. The number of hydrogen-bond donors (Lipinski definition) is 0. The third-order valence-electron chi connectivity index (χ3n) is 1.12. The second-order valence-corrected chi connectivity index (χ2v) is 5.21. The molecular weight excluding hydrogens is 170 g/mol. The van der Waals surface area contributed by atoms with Gasteiger partial charge in [0.15, 0.2) is 11.0 Å². The molecule has 0 aliphatic carbocycles. The molecule has 61 valence electrons. The third-order valence-corrected chi connectivity index (χ3v) is 3.47. The van der Waals surface area contributed by atoms with Gasteiger partial charge in [-0.1, -0.05) is 11.2 Å². The van der Waals surface area contributed by atoms with E-state index in [1.807, 2.05) is 0 Å². The normalized spacial score (nSPS) is 20.1. The highest BCUT2D eigenvalue weighted by atomic mass is 32.2. The van der Waals surface area contributed by atoms with Crippen LogP contribution in [0.25, 0.3) is 0 Å². The van der Waals surface area contributed by atoms with Crippen LogP contribution in [0.15, 0.2) is 0 Å². The van der Waals surface area contributed by atoms with Crippen LogP contribution in [-0.2, 0) is 22.4 Å². The zero-order valence-corrected chi connectivity index (χ0v) is 7.76. The average molecular weight is 182 g/mol. The number of nitrogens with one attached hydrogen (secondary N) is 1. The van der Waals surface area contributed by atoms with Crippen molar-refractivity contribution in [1.29, 1.82) is 0 Å². The predicted molar refractivity (Wildman–Crippen MR) is 44.8 cm³/mol. The summed E-state index contributed by atoms with van der Waals surface area (Å²) in [7, 11) is 0. The van der Waals surface area contributed by atoms with Crippen molar-refractivity contribution in [3.63, 3.8) is 0 Å². The first kappa shape index (κ1) is 10.6. The summed E-state index contributed by atoms with van der Waals surface area (Å²) in [6.45, 7) is 0.0999. The highest BCUT2D eigenvalue weighted by Gasteiger charge is 2.20. The minimum atomic E-state index is -1.00. The zero-order valence-electron chi connectivity index (χ0n) is 6.12. The van der Waals surface area contributed by atoms with E-state index in [4.69, 9.17) is 5.73 Å². The second kappa shape index (κ2) is 5.26. The van der Waals surface area contributed by atoms with E-state index < -0.39 is 22.4 Å². The summed E-state index contributed by atoms with van der Waals surface area (Å²) in [4.78, 5) is 0. The summed E-state index contributed by atoms with van der Waals surface area (Å²) < 4.78 is 21.4. The van der Waals surface area contributed by atoms with E-state index in [2.05, 4.69) is 0 Å². The fourth-order valence-corrected chi connectivity index (χ4v) is 2.75. The summed E-state index contributed by atoms with van der Waals surface area (Å²) in [5.74, 6) is 0.382. The molecule has 0 heterocycles. The molecule has 5 heteroatoms. The predicted octanol–water partition coefficient (Wildman–Crippen LogP) is -0.605. The maximum Gasteiger partial charge on any atom is 0.173 e. The van der Waals surface area contributed by atoms with Crippen molar-refractivity contribution < 1.29 is 9.11 Å². The quantitative estimate of drug-likeness (QED) is 0.544. The molecule has 1 N–H and O–H groups in total. The van der Waals surface area contributed by atoms with E-state index in [1.165, 1.54) is 0 Å². The Bertz CT molecular complexity index is 89.7. The zero-order chi connectivity index (χ0) is 8.15. The Morgan fingerprint density at radius 2 is 1.90 bits per heavy atom. The Kier molecular flexibility index (Phi) is 5.56. The molecule has 0 aliphatic heterocycles. The first-order valence-electron chi connectivity index (χ1n) is 2.84. The maximum absolute atomic E-state index is 10.8. The molecule has 0 saturated carbocycles. The van der Waals surface area contributed by atoms with Gasteiger partial charge in [-0.15, -0.1) is 0 Å². The highest BCUT2D eigenvalue weighted by molar-refractivity contribution is 7.94. The first-order valence-corrected chi connectivity index (χ1v) is 6.19. The lowest BCUT2D eigenvalue weighted by molar-refractivity contribution is 0.579. The first-order chi connectivity index (χ1) is 4.57. The van der Waals surface area contributed by atoms with E-state index in [0.29, 0.717) is 5.75 Å². The van der Waals surface area contributed by atoms with Crippen LogP contribution in [0.5, 0.6) is 0 Å². The third kappa shape index (κ3) is 4.40. The molecule has 10 heavy (non-hydrogen) atoms.